The van der Waals surface area contributed by atoms with Crippen LogP contribution in [0.2, 0.25) is 0 Å². The molecule has 154 valence electrons. The maximum Gasteiger partial charge on any atom is 0.246 e. The van der Waals surface area contributed by atoms with Crippen LogP contribution in [0.5, 0.6) is 0 Å². The smallest absolute Gasteiger partial charge is 0.246 e. The Morgan fingerprint density at radius 1 is 1.18 bits per heavy atom. The number of thioether (sulfide) groups is 1. The van der Waals surface area contributed by atoms with Gasteiger partial charge < -0.3 is 16.0 Å². The molecular weight excluding hydrogens is 374 g/mol. The minimum absolute atomic E-state index is 0.118. The van der Waals surface area contributed by atoms with E-state index in [2.05, 4.69) is 29.8 Å². The van der Waals surface area contributed by atoms with Crippen LogP contribution in [-0.4, -0.2) is 40.8 Å². The van der Waals surface area contributed by atoms with E-state index in [4.69, 9.17) is 0 Å². The van der Waals surface area contributed by atoms with Gasteiger partial charge in [0.2, 0.25) is 17.7 Å². The summed E-state index contributed by atoms with van der Waals surface area (Å²) in [6.45, 7) is 4.37. The van der Waals surface area contributed by atoms with Gasteiger partial charge in [-0.05, 0) is 42.4 Å². The molecule has 0 spiro atoms. The Balaban J connectivity index is 1.87. The van der Waals surface area contributed by atoms with Gasteiger partial charge in [-0.1, -0.05) is 44.9 Å². The molecule has 1 fully saturated rings. The van der Waals surface area contributed by atoms with Crippen molar-refractivity contribution in [3.05, 3.63) is 30.3 Å². The van der Waals surface area contributed by atoms with Gasteiger partial charge in [-0.2, -0.15) is 11.8 Å². The first-order valence-electron chi connectivity index (χ1n) is 10.0. The van der Waals surface area contributed by atoms with Gasteiger partial charge in [0.05, 0.1) is 0 Å². The molecule has 2 atom stereocenters. The third-order valence-electron chi connectivity index (χ3n) is 4.57. The molecule has 0 bridgehead atoms. The average Bonchev–Trinajstić information content (AvgIpc) is 3.10. The molecule has 1 saturated heterocycles. The van der Waals surface area contributed by atoms with Gasteiger partial charge >= 0.3 is 0 Å². The zero-order valence-electron chi connectivity index (χ0n) is 16.7. The number of hydrogen-bond acceptors (Lipinski definition) is 4. The Bertz CT molecular complexity index is 652. The molecule has 6 nitrogen and oxygen atoms in total. The SMILES string of the molecule is CC(C)SCCCCC[C@H](NC(=O)[C@H]1CCC(=O)N1)C(=O)Nc1ccccc1. The van der Waals surface area contributed by atoms with Crippen LogP contribution < -0.4 is 16.0 Å². The zero-order chi connectivity index (χ0) is 20.4. The maximum atomic E-state index is 12.7. The van der Waals surface area contributed by atoms with Crippen molar-refractivity contribution in [2.24, 2.45) is 0 Å². The van der Waals surface area contributed by atoms with Crippen molar-refractivity contribution in [3.63, 3.8) is 0 Å². The van der Waals surface area contributed by atoms with Gasteiger partial charge in [0.15, 0.2) is 0 Å². The van der Waals surface area contributed by atoms with Gasteiger partial charge in [-0.15, -0.1) is 0 Å². The molecule has 1 aromatic rings. The maximum absolute atomic E-state index is 12.7. The molecule has 0 radical (unpaired) electrons. The number of rotatable bonds is 11. The second-order valence-corrected chi connectivity index (χ2v) is 9.03. The minimum atomic E-state index is -0.608. The van der Waals surface area contributed by atoms with Gasteiger partial charge in [-0.25, -0.2) is 0 Å². The van der Waals surface area contributed by atoms with E-state index in [1.54, 1.807) is 0 Å². The van der Waals surface area contributed by atoms with E-state index in [0.717, 1.165) is 25.0 Å². The van der Waals surface area contributed by atoms with Crippen molar-refractivity contribution in [2.45, 2.75) is 69.7 Å². The molecule has 0 unspecified atom stereocenters. The number of unbranched alkanes of at least 4 members (excludes halogenated alkanes) is 2. The molecule has 2 rings (SSSR count). The summed E-state index contributed by atoms with van der Waals surface area (Å²) in [5.74, 6) is 0.488. The molecule has 0 aromatic heterocycles. The molecule has 1 aliphatic heterocycles. The Kier molecular flexibility index (Phi) is 9.34. The summed E-state index contributed by atoms with van der Waals surface area (Å²) in [6.07, 6.45) is 4.39. The summed E-state index contributed by atoms with van der Waals surface area (Å²) in [5.41, 5.74) is 0.703. The van der Waals surface area contributed by atoms with Gasteiger partial charge in [0.25, 0.3) is 0 Å². The van der Waals surface area contributed by atoms with Gasteiger partial charge in [-0.3, -0.25) is 14.4 Å². The van der Waals surface area contributed by atoms with Crippen molar-refractivity contribution >= 4 is 35.2 Å². The molecule has 0 saturated carbocycles. The highest BCUT2D eigenvalue weighted by Gasteiger charge is 2.30. The molecule has 7 heteroatoms. The largest absolute Gasteiger partial charge is 0.344 e. The second-order valence-electron chi connectivity index (χ2n) is 7.34. The number of para-hydroxylation sites is 1. The van der Waals surface area contributed by atoms with E-state index < -0.39 is 12.1 Å². The lowest BCUT2D eigenvalue weighted by molar-refractivity contribution is -0.128. The van der Waals surface area contributed by atoms with Crippen molar-refractivity contribution in [1.82, 2.24) is 10.6 Å². The molecular formula is C21H31N3O3S. The van der Waals surface area contributed by atoms with Crippen molar-refractivity contribution in [1.29, 1.82) is 0 Å². The monoisotopic (exact) mass is 405 g/mol. The molecule has 28 heavy (non-hydrogen) atoms. The molecule has 3 amide bonds. The minimum Gasteiger partial charge on any atom is -0.344 e. The summed E-state index contributed by atoms with van der Waals surface area (Å²) in [5, 5.41) is 8.99. The lowest BCUT2D eigenvalue weighted by atomic mass is 10.1. The Labute approximate surface area is 171 Å². The van der Waals surface area contributed by atoms with Crippen LogP contribution in [0.3, 0.4) is 0 Å². The zero-order valence-corrected chi connectivity index (χ0v) is 17.5. The fraction of sp³-hybridized carbons (Fsp3) is 0.571. The van der Waals surface area contributed by atoms with E-state index in [1.807, 2.05) is 42.1 Å². The molecule has 1 aliphatic rings. The molecule has 1 heterocycles. The van der Waals surface area contributed by atoms with Crippen LogP contribution in [0.4, 0.5) is 5.69 Å². The Hall–Kier alpha value is -2.02. The fourth-order valence-electron chi connectivity index (χ4n) is 3.05. The lowest BCUT2D eigenvalue weighted by Gasteiger charge is -2.20. The van der Waals surface area contributed by atoms with E-state index in [-0.39, 0.29) is 17.7 Å². The Morgan fingerprint density at radius 2 is 1.93 bits per heavy atom. The van der Waals surface area contributed by atoms with Gasteiger partial charge in [0.1, 0.15) is 12.1 Å². The summed E-state index contributed by atoms with van der Waals surface area (Å²) in [6, 6.07) is 8.07. The summed E-state index contributed by atoms with van der Waals surface area (Å²) >= 11 is 1.94. The third-order valence-corrected chi connectivity index (χ3v) is 5.77. The van der Waals surface area contributed by atoms with Crippen LogP contribution >= 0.6 is 11.8 Å². The summed E-state index contributed by atoms with van der Waals surface area (Å²) in [4.78, 5) is 36.5. The molecule has 1 aromatic carbocycles. The third kappa shape index (κ3) is 7.92. The number of hydrogen-bond donors (Lipinski definition) is 3. The summed E-state index contributed by atoms with van der Waals surface area (Å²) in [7, 11) is 0. The standard InChI is InChI=1S/C21H31N3O3S/c1-15(2)28-14-8-4-7-11-17(20(26)22-16-9-5-3-6-10-16)24-21(27)18-12-13-19(25)23-18/h3,5-6,9-10,15,17-18H,4,7-8,11-14H2,1-2H3,(H,22,26)(H,23,25)(H,24,27)/t17-,18+/m0/s1. The number of carbonyl (C=O) groups is 3. The van der Waals surface area contributed by atoms with Crippen molar-refractivity contribution < 1.29 is 14.4 Å². The van der Waals surface area contributed by atoms with E-state index in [1.165, 1.54) is 0 Å². The highest BCUT2D eigenvalue weighted by atomic mass is 32.2. The molecule has 0 aliphatic carbocycles. The highest BCUT2D eigenvalue weighted by molar-refractivity contribution is 7.99. The summed E-state index contributed by atoms with van der Waals surface area (Å²) < 4.78 is 0. The number of benzene rings is 1. The number of amides is 3. The fourth-order valence-corrected chi connectivity index (χ4v) is 3.89. The Morgan fingerprint density at radius 3 is 2.57 bits per heavy atom. The van der Waals surface area contributed by atoms with Gasteiger partial charge in [0, 0.05) is 12.1 Å². The lowest BCUT2D eigenvalue weighted by Crippen LogP contribution is -2.50. The predicted octanol–water partition coefficient (Wildman–Crippen LogP) is 3.09. The van der Waals surface area contributed by atoms with Crippen LogP contribution in [0.15, 0.2) is 30.3 Å². The normalized spacial score (nSPS) is 17.2. The number of nitrogens with one attached hydrogen (secondary N) is 3. The van der Waals surface area contributed by atoms with E-state index in [0.29, 0.717) is 30.2 Å². The predicted molar refractivity (Wildman–Crippen MR) is 114 cm³/mol. The molecule has 3 N–H and O–H groups in total. The highest BCUT2D eigenvalue weighted by Crippen LogP contribution is 2.15. The van der Waals surface area contributed by atoms with E-state index in [9.17, 15) is 14.4 Å². The number of carbonyl (C=O) groups excluding carboxylic acids is 3. The quantitative estimate of drug-likeness (QED) is 0.494. The first-order chi connectivity index (χ1) is 13.5. The van der Waals surface area contributed by atoms with Crippen molar-refractivity contribution in [3.8, 4) is 0 Å². The average molecular weight is 406 g/mol. The first kappa shape index (κ1) is 22.3. The number of anilines is 1. The van der Waals surface area contributed by atoms with Crippen LogP contribution in [0.25, 0.3) is 0 Å². The second kappa shape index (κ2) is 11.7. The van der Waals surface area contributed by atoms with Crippen molar-refractivity contribution in [2.75, 3.05) is 11.1 Å². The van der Waals surface area contributed by atoms with Crippen LogP contribution in [0.1, 0.15) is 52.4 Å². The van der Waals surface area contributed by atoms with E-state index >= 15 is 0 Å². The first-order valence-corrected chi connectivity index (χ1v) is 11.1. The topological polar surface area (TPSA) is 87.3 Å². The van der Waals surface area contributed by atoms with Crippen LogP contribution in [-0.2, 0) is 14.4 Å². The van der Waals surface area contributed by atoms with Crippen LogP contribution in [0, 0.1) is 0 Å².